The fourth-order valence-corrected chi connectivity index (χ4v) is 1.52. The van der Waals surface area contributed by atoms with E-state index >= 15 is 0 Å². The fourth-order valence-electron chi connectivity index (χ4n) is 1.52. The first-order valence-electron chi connectivity index (χ1n) is 4.10. The van der Waals surface area contributed by atoms with Crippen LogP contribution in [0.3, 0.4) is 0 Å². The van der Waals surface area contributed by atoms with Gasteiger partial charge in [-0.2, -0.15) is 6.54 Å². The van der Waals surface area contributed by atoms with Crippen LogP contribution in [0.2, 0.25) is 0 Å². The normalized spacial score (nSPS) is 20.1. The minimum atomic E-state index is 0. The molecule has 0 saturated heterocycles. The van der Waals surface area contributed by atoms with E-state index in [-0.39, 0.29) is 17.1 Å². The molecule has 1 rings (SSSR count). The van der Waals surface area contributed by atoms with E-state index in [1.54, 1.807) is 0 Å². The van der Waals surface area contributed by atoms with Crippen molar-refractivity contribution in [2.45, 2.75) is 45.1 Å². The summed E-state index contributed by atoms with van der Waals surface area (Å²) in [6, 6.07) is 0.726. The van der Waals surface area contributed by atoms with Crippen molar-refractivity contribution in [2.24, 2.45) is 0 Å². The van der Waals surface area contributed by atoms with Crippen molar-refractivity contribution in [3.05, 3.63) is 5.32 Å². The smallest absolute Gasteiger partial charge is 0 e. The number of hydrogen-bond donors (Lipinski definition) is 0. The van der Waals surface area contributed by atoms with Crippen molar-refractivity contribution in [2.75, 3.05) is 6.54 Å². The topological polar surface area (TPSA) is 14.1 Å². The second kappa shape index (κ2) is 6.21. The third-order valence-electron chi connectivity index (χ3n) is 2.02. The van der Waals surface area contributed by atoms with Crippen LogP contribution < -0.4 is 0 Å². The Morgan fingerprint density at radius 1 is 1.20 bits per heavy atom. The summed E-state index contributed by atoms with van der Waals surface area (Å²) in [6.07, 6.45) is 6.97. The number of nitrogens with zero attached hydrogens (tertiary/aromatic N) is 1. The molecule has 0 amide bonds. The maximum atomic E-state index is 4.48. The monoisotopic (exact) mass is 182 g/mol. The van der Waals surface area contributed by atoms with E-state index < -0.39 is 0 Å². The molecule has 1 saturated carbocycles. The van der Waals surface area contributed by atoms with E-state index in [1.165, 1.54) is 32.1 Å². The zero-order chi connectivity index (χ0) is 6.53. The van der Waals surface area contributed by atoms with Gasteiger partial charge >= 0.3 is 0 Å². The first-order valence-corrected chi connectivity index (χ1v) is 4.10. The summed E-state index contributed by atoms with van der Waals surface area (Å²) in [5.74, 6) is 0. The first kappa shape index (κ1) is 10.5. The molecule has 62 valence electrons. The molecule has 0 atom stereocenters. The summed E-state index contributed by atoms with van der Waals surface area (Å²) < 4.78 is 0. The Bertz CT molecular complexity index is 66.9. The third kappa shape index (κ3) is 3.60. The maximum absolute atomic E-state index is 4.48. The summed E-state index contributed by atoms with van der Waals surface area (Å²) in [4.78, 5) is 0. The maximum Gasteiger partial charge on any atom is 0 e. The largest absolute Gasteiger partial charge is 0.660 e. The molecule has 0 aromatic carbocycles. The molecule has 0 unspecified atom stereocenters. The standard InChI is InChI=1S/C8H16N.Fe/c1-2-9-8-6-4-3-5-7-8;/h8H,2-7H2,1H3;/q-1;. The predicted molar refractivity (Wildman–Crippen MR) is 40.8 cm³/mol. The summed E-state index contributed by atoms with van der Waals surface area (Å²) in [6.45, 7) is 3.15. The van der Waals surface area contributed by atoms with Crippen LogP contribution in [0.15, 0.2) is 0 Å². The van der Waals surface area contributed by atoms with Gasteiger partial charge in [0.2, 0.25) is 0 Å². The van der Waals surface area contributed by atoms with Gasteiger partial charge in [-0.3, -0.25) is 0 Å². The molecule has 1 fully saturated rings. The number of hydrogen-bond acceptors (Lipinski definition) is 0. The molecule has 0 aromatic rings. The van der Waals surface area contributed by atoms with E-state index in [1.807, 2.05) is 0 Å². The van der Waals surface area contributed by atoms with Gasteiger partial charge in [0.05, 0.1) is 0 Å². The Morgan fingerprint density at radius 3 is 2.30 bits per heavy atom. The molecule has 1 aliphatic rings. The molecule has 0 radical (unpaired) electrons. The van der Waals surface area contributed by atoms with Gasteiger partial charge in [0.15, 0.2) is 0 Å². The van der Waals surface area contributed by atoms with Gasteiger partial charge in [-0.15, -0.1) is 6.04 Å². The van der Waals surface area contributed by atoms with Crippen LogP contribution in [0.4, 0.5) is 0 Å². The molecule has 0 aromatic heterocycles. The van der Waals surface area contributed by atoms with Crippen LogP contribution in [0.1, 0.15) is 39.0 Å². The Hall–Kier alpha value is 0.479. The van der Waals surface area contributed by atoms with Gasteiger partial charge in [0.1, 0.15) is 0 Å². The molecule has 0 heterocycles. The van der Waals surface area contributed by atoms with Crippen LogP contribution in [0.25, 0.3) is 5.32 Å². The van der Waals surface area contributed by atoms with E-state index in [4.69, 9.17) is 0 Å². The molecular weight excluding hydrogens is 166 g/mol. The molecule has 1 nitrogen and oxygen atoms in total. The second-order valence-electron chi connectivity index (χ2n) is 2.79. The van der Waals surface area contributed by atoms with Crippen molar-refractivity contribution >= 4 is 0 Å². The summed E-state index contributed by atoms with van der Waals surface area (Å²) in [5.41, 5.74) is 0. The molecule has 0 aliphatic heterocycles. The fraction of sp³-hybridized carbons (Fsp3) is 1.00. The van der Waals surface area contributed by atoms with Crippen molar-refractivity contribution in [3.8, 4) is 0 Å². The van der Waals surface area contributed by atoms with Crippen molar-refractivity contribution in [1.82, 2.24) is 0 Å². The SMILES string of the molecule is CC[N-]C1CCCCC1.[Fe]. The van der Waals surface area contributed by atoms with Gasteiger partial charge in [-0.25, -0.2) is 0 Å². The summed E-state index contributed by atoms with van der Waals surface area (Å²) in [7, 11) is 0. The van der Waals surface area contributed by atoms with Crippen LogP contribution >= 0.6 is 0 Å². The quantitative estimate of drug-likeness (QED) is 0.583. The van der Waals surface area contributed by atoms with Crippen LogP contribution in [0.5, 0.6) is 0 Å². The van der Waals surface area contributed by atoms with E-state index in [2.05, 4.69) is 12.2 Å². The van der Waals surface area contributed by atoms with Gasteiger partial charge in [0.25, 0.3) is 0 Å². The number of rotatable bonds is 2. The minimum absolute atomic E-state index is 0. The molecule has 0 N–H and O–H groups in total. The summed E-state index contributed by atoms with van der Waals surface area (Å²) >= 11 is 0. The van der Waals surface area contributed by atoms with Crippen LogP contribution in [-0.2, 0) is 17.1 Å². The Labute approximate surface area is 74.4 Å². The molecule has 2 heteroatoms. The third-order valence-corrected chi connectivity index (χ3v) is 2.02. The Balaban J connectivity index is 0.000000810. The predicted octanol–water partition coefficient (Wildman–Crippen LogP) is 2.71. The van der Waals surface area contributed by atoms with Crippen LogP contribution in [-0.4, -0.2) is 12.6 Å². The minimum Gasteiger partial charge on any atom is -0.660 e. The van der Waals surface area contributed by atoms with Gasteiger partial charge in [-0.1, -0.05) is 39.0 Å². The van der Waals surface area contributed by atoms with Crippen molar-refractivity contribution < 1.29 is 17.1 Å². The van der Waals surface area contributed by atoms with Gasteiger partial charge < -0.3 is 5.32 Å². The summed E-state index contributed by atoms with van der Waals surface area (Å²) in [5, 5.41) is 4.48. The van der Waals surface area contributed by atoms with Gasteiger partial charge in [-0.05, 0) is 0 Å². The second-order valence-corrected chi connectivity index (χ2v) is 2.79. The van der Waals surface area contributed by atoms with E-state index in [9.17, 15) is 0 Å². The molecular formula is C8H16FeN-. The van der Waals surface area contributed by atoms with Crippen LogP contribution in [0, 0.1) is 0 Å². The zero-order valence-corrected chi connectivity index (χ0v) is 7.72. The average Bonchev–Trinajstić information content (AvgIpc) is 1.91. The molecule has 0 spiro atoms. The van der Waals surface area contributed by atoms with Gasteiger partial charge in [0, 0.05) is 17.1 Å². The van der Waals surface area contributed by atoms with E-state index in [0.717, 1.165) is 12.6 Å². The van der Waals surface area contributed by atoms with Crippen molar-refractivity contribution in [1.29, 1.82) is 0 Å². The molecule has 1 aliphatic carbocycles. The Morgan fingerprint density at radius 2 is 1.80 bits per heavy atom. The first-order chi connectivity index (χ1) is 4.43. The average molecular weight is 182 g/mol. The molecule has 0 bridgehead atoms. The van der Waals surface area contributed by atoms with E-state index in [0.29, 0.717) is 0 Å². The Kier molecular flexibility index (Phi) is 6.50. The molecule has 10 heavy (non-hydrogen) atoms. The zero-order valence-electron chi connectivity index (χ0n) is 6.62. The van der Waals surface area contributed by atoms with Crippen molar-refractivity contribution in [3.63, 3.8) is 0 Å².